The summed E-state index contributed by atoms with van der Waals surface area (Å²) in [6.07, 6.45) is -3.00. The van der Waals surface area contributed by atoms with Crippen molar-refractivity contribution in [2.75, 3.05) is 20.6 Å². The number of likely N-dealkylation sites (N-methyl/N-ethyl adjacent to an activating group) is 2. The van der Waals surface area contributed by atoms with Gasteiger partial charge in [0, 0.05) is 25.2 Å². The van der Waals surface area contributed by atoms with Crippen molar-refractivity contribution in [3.8, 4) is 11.8 Å². The Balaban J connectivity index is 2.05. The molecule has 1 heterocycles. The molecule has 2 aromatic rings. The van der Waals surface area contributed by atoms with E-state index in [1.165, 1.54) is 44.0 Å². The molecule has 12 heteroatoms. The summed E-state index contributed by atoms with van der Waals surface area (Å²) in [5, 5.41) is 13.3. The van der Waals surface area contributed by atoms with Crippen molar-refractivity contribution in [1.82, 2.24) is 21.0 Å². The fraction of sp³-hybridized carbons (Fsp3) is 0.286. The maximum atomic E-state index is 12.6. The number of halogens is 3. The monoisotopic (exact) mass is 466 g/mol. The molecular formula is C21H21F3N4O5. The second kappa shape index (κ2) is 11.2. The Bertz CT molecular complexity index is 1040. The summed E-state index contributed by atoms with van der Waals surface area (Å²) in [7, 11) is 2.53. The number of carbonyl (C=O) groups is 3. The Morgan fingerprint density at radius 1 is 1.12 bits per heavy atom. The van der Waals surface area contributed by atoms with E-state index in [9.17, 15) is 27.6 Å². The Labute approximate surface area is 186 Å². The zero-order valence-corrected chi connectivity index (χ0v) is 17.6. The molecule has 1 unspecified atom stereocenters. The van der Waals surface area contributed by atoms with E-state index >= 15 is 0 Å². The first-order valence-corrected chi connectivity index (χ1v) is 9.45. The molecule has 0 saturated carbocycles. The summed E-state index contributed by atoms with van der Waals surface area (Å²) in [6, 6.07) is 5.91. The van der Waals surface area contributed by atoms with Gasteiger partial charge in [0.05, 0.1) is 18.7 Å². The van der Waals surface area contributed by atoms with Crippen LogP contribution in [-0.2, 0) is 16.1 Å². The lowest BCUT2D eigenvalue weighted by molar-refractivity contribution is -0.140. The van der Waals surface area contributed by atoms with Gasteiger partial charge in [-0.25, -0.2) is 5.48 Å². The number of hydroxylamine groups is 1. The van der Waals surface area contributed by atoms with Gasteiger partial charge in [0.1, 0.15) is 12.0 Å². The lowest BCUT2D eigenvalue weighted by atomic mass is 10.1. The summed E-state index contributed by atoms with van der Waals surface area (Å²) >= 11 is 0. The van der Waals surface area contributed by atoms with Gasteiger partial charge in [0.15, 0.2) is 6.04 Å². The molecular weight excluding hydrogens is 445 g/mol. The van der Waals surface area contributed by atoms with Gasteiger partial charge in [-0.15, -0.1) is 0 Å². The van der Waals surface area contributed by atoms with Crippen LogP contribution in [0.25, 0.3) is 0 Å². The van der Waals surface area contributed by atoms with Gasteiger partial charge < -0.3 is 20.0 Å². The average molecular weight is 466 g/mol. The highest BCUT2D eigenvalue weighted by atomic mass is 19.4. The molecule has 0 radical (unpaired) electrons. The van der Waals surface area contributed by atoms with E-state index in [4.69, 9.17) is 9.62 Å². The van der Waals surface area contributed by atoms with Gasteiger partial charge in [-0.05, 0) is 30.3 Å². The maximum Gasteiger partial charge on any atom is 0.401 e. The van der Waals surface area contributed by atoms with E-state index in [0.29, 0.717) is 16.9 Å². The van der Waals surface area contributed by atoms with Crippen molar-refractivity contribution >= 4 is 17.7 Å². The molecule has 1 atom stereocenters. The molecule has 176 valence electrons. The second-order valence-corrected chi connectivity index (χ2v) is 6.76. The van der Waals surface area contributed by atoms with E-state index in [1.54, 1.807) is 12.1 Å². The molecule has 2 rings (SSSR count). The van der Waals surface area contributed by atoms with Crippen LogP contribution in [0.2, 0.25) is 0 Å². The number of amides is 3. The summed E-state index contributed by atoms with van der Waals surface area (Å²) in [6.45, 7) is -1.24. The van der Waals surface area contributed by atoms with E-state index in [2.05, 4.69) is 22.5 Å². The standard InChI is InChI=1S/C21H21F3N4O5/c1-25-18(29)17(19(30)27-32)28(2)20(31)15-7-5-13(6-8-15)3-4-14-9-16(33-11-14)10-26-12-21(22,23)24/h5-9,11,17,26,32H,10,12H2,1-2H3,(H,25,29)(H,27,30). The van der Waals surface area contributed by atoms with E-state index in [-0.39, 0.29) is 12.1 Å². The van der Waals surface area contributed by atoms with Crippen LogP contribution in [0.4, 0.5) is 13.2 Å². The Morgan fingerprint density at radius 3 is 2.33 bits per heavy atom. The van der Waals surface area contributed by atoms with E-state index < -0.39 is 36.5 Å². The third-order valence-electron chi connectivity index (χ3n) is 4.32. The van der Waals surface area contributed by atoms with Gasteiger partial charge in [0.25, 0.3) is 17.7 Å². The van der Waals surface area contributed by atoms with Crippen LogP contribution in [0.1, 0.15) is 27.2 Å². The molecule has 0 spiro atoms. The number of hydrogen-bond acceptors (Lipinski definition) is 6. The average Bonchev–Trinajstić information content (AvgIpc) is 3.24. The number of furan rings is 1. The summed E-state index contributed by atoms with van der Waals surface area (Å²) in [4.78, 5) is 37.2. The molecule has 3 amide bonds. The predicted molar refractivity (Wildman–Crippen MR) is 109 cm³/mol. The highest BCUT2D eigenvalue weighted by molar-refractivity contribution is 6.08. The van der Waals surface area contributed by atoms with Crippen LogP contribution < -0.4 is 16.1 Å². The third-order valence-corrected chi connectivity index (χ3v) is 4.32. The molecule has 1 aromatic carbocycles. The zero-order valence-electron chi connectivity index (χ0n) is 17.6. The molecule has 0 aliphatic rings. The van der Waals surface area contributed by atoms with Crippen molar-refractivity contribution in [2.24, 2.45) is 0 Å². The molecule has 4 N–H and O–H groups in total. The number of benzene rings is 1. The highest BCUT2D eigenvalue weighted by Gasteiger charge is 2.33. The molecule has 0 saturated heterocycles. The fourth-order valence-corrected chi connectivity index (χ4v) is 2.70. The van der Waals surface area contributed by atoms with E-state index in [1.807, 2.05) is 0 Å². The van der Waals surface area contributed by atoms with Crippen molar-refractivity contribution in [1.29, 1.82) is 0 Å². The first-order chi connectivity index (χ1) is 15.6. The Kier molecular flexibility index (Phi) is 8.61. The number of nitrogens with zero attached hydrogens (tertiary/aromatic N) is 1. The van der Waals surface area contributed by atoms with Gasteiger partial charge in [-0.2, -0.15) is 13.2 Å². The topological polar surface area (TPSA) is 124 Å². The minimum absolute atomic E-state index is 0.100. The van der Waals surface area contributed by atoms with Gasteiger partial charge >= 0.3 is 6.18 Å². The minimum atomic E-state index is -4.31. The third kappa shape index (κ3) is 7.37. The smallest absolute Gasteiger partial charge is 0.401 e. The zero-order chi connectivity index (χ0) is 24.6. The number of nitrogens with one attached hydrogen (secondary N) is 3. The van der Waals surface area contributed by atoms with Crippen molar-refractivity contribution < 1.29 is 37.2 Å². The first kappa shape index (κ1) is 25.4. The largest absolute Gasteiger partial charge is 0.467 e. The molecule has 33 heavy (non-hydrogen) atoms. The van der Waals surface area contributed by atoms with Crippen LogP contribution in [-0.4, -0.2) is 60.7 Å². The lowest BCUT2D eigenvalue weighted by Gasteiger charge is -2.25. The maximum absolute atomic E-state index is 12.6. The van der Waals surface area contributed by atoms with Crippen LogP contribution in [0, 0.1) is 11.8 Å². The van der Waals surface area contributed by atoms with Crippen LogP contribution in [0.3, 0.4) is 0 Å². The van der Waals surface area contributed by atoms with Gasteiger partial charge in [0.2, 0.25) is 0 Å². The quantitative estimate of drug-likeness (QED) is 0.209. The SMILES string of the molecule is CNC(=O)C(C(=O)NO)N(C)C(=O)c1ccc(C#Cc2coc(CNCC(F)(F)F)c2)cc1. The van der Waals surface area contributed by atoms with Crippen molar-refractivity contribution in [3.05, 3.63) is 59.0 Å². The van der Waals surface area contributed by atoms with Crippen LogP contribution >= 0.6 is 0 Å². The number of hydrogen-bond donors (Lipinski definition) is 4. The Hall–Kier alpha value is -3.82. The normalized spacial score (nSPS) is 11.7. The highest BCUT2D eigenvalue weighted by Crippen LogP contribution is 2.14. The summed E-state index contributed by atoms with van der Waals surface area (Å²) in [5.41, 5.74) is 2.52. The number of carbonyl (C=O) groups excluding carboxylic acids is 3. The minimum Gasteiger partial charge on any atom is -0.467 e. The van der Waals surface area contributed by atoms with Gasteiger partial charge in [-0.1, -0.05) is 11.8 Å². The number of rotatable bonds is 7. The van der Waals surface area contributed by atoms with Crippen LogP contribution in [0.15, 0.2) is 41.0 Å². The predicted octanol–water partition coefficient (Wildman–Crippen LogP) is 1.02. The Morgan fingerprint density at radius 2 is 1.76 bits per heavy atom. The molecule has 0 aliphatic carbocycles. The van der Waals surface area contributed by atoms with Crippen molar-refractivity contribution in [3.63, 3.8) is 0 Å². The summed E-state index contributed by atoms with van der Waals surface area (Å²) < 4.78 is 41.6. The molecule has 0 aliphatic heterocycles. The number of alkyl halides is 3. The van der Waals surface area contributed by atoms with Crippen molar-refractivity contribution in [2.45, 2.75) is 18.8 Å². The van der Waals surface area contributed by atoms with E-state index in [0.717, 1.165) is 4.90 Å². The second-order valence-electron chi connectivity index (χ2n) is 6.76. The van der Waals surface area contributed by atoms with Gasteiger partial charge in [-0.3, -0.25) is 19.6 Å². The fourth-order valence-electron chi connectivity index (χ4n) is 2.70. The van der Waals surface area contributed by atoms with Crippen LogP contribution in [0.5, 0.6) is 0 Å². The first-order valence-electron chi connectivity index (χ1n) is 9.45. The molecule has 0 fully saturated rings. The molecule has 9 nitrogen and oxygen atoms in total. The molecule has 0 bridgehead atoms. The summed E-state index contributed by atoms with van der Waals surface area (Å²) in [5.74, 6) is 3.43. The lowest BCUT2D eigenvalue weighted by Crippen LogP contribution is -2.54. The molecule has 1 aromatic heterocycles.